The number of hydrogen-bond acceptors (Lipinski definition) is 2. The molecule has 1 aromatic rings. The van der Waals surface area contributed by atoms with Crippen LogP contribution >= 0.6 is 12.4 Å². The summed E-state index contributed by atoms with van der Waals surface area (Å²) in [6.07, 6.45) is 3.01. The number of piperidine rings is 1. The maximum atomic E-state index is 12.1. The van der Waals surface area contributed by atoms with Gasteiger partial charge in [-0.15, -0.1) is 12.4 Å². The minimum absolute atomic E-state index is 0. The molecule has 4 heteroatoms. The summed E-state index contributed by atoms with van der Waals surface area (Å²) >= 11 is 0. The lowest BCUT2D eigenvalue weighted by molar-refractivity contribution is -0.117. The van der Waals surface area contributed by atoms with Crippen LogP contribution in [0.4, 0.5) is 5.69 Å². The van der Waals surface area contributed by atoms with E-state index in [1.54, 1.807) is 0 Å². The molecule has 1 fully saturated rings. The summed E-state index contributed by atoms with van der Waals surface area (Å²) in [6, 6.07) is 6.08. The van der Waals surface area contributed by atoms with Crippen LogP contribution in [0, 0.1) is 25.7 Å². The van der Waals surface area contributed by atoms with Crippen LogP contribution in [0.5, 0.6) is 0 Å². The Labute approximate surface area is 134 Å². The third-order valence-corrected chi connectivity index (χ3v) is 4.49. The molecule has 1 aliphatic rings. The summed E-state index contributed by atoms with van der Waals surface area (Å²) in [5.74, 6) is 1.28. The van der Waals surface area contributed by atoms with Crippen LogP contribution in [0.25, 0.3) is 0 Å². The van der Waals surface area contributed by atoms with Crippen molar-refractivity contribution in [1.29, 1.82) is 0 Å². The number of aryl methyl sites for hydroxylation is 2. The number of nitrogens with one attached hydrogen (secondary N) is 2. The number of benzene rings is 1. The molecule has 0 aliphatic carbocycles. The molecule has 0 saturated carbocycles. The summed E-state index contributed by atoms with van der Waals surface area (Å²) in [4.78, 5) is 12.1. The third-order valence-electron chi connectivity index (χ3n) is 4.49. The van der Waals surface area contributed by atoms with Crippen molar-refractivity contribution in [3.63, 3.8) is 0 Å². The number of amides is 1. The minimum atomic E-state index is 0. The molecule has 3 nitrogen and oxygen atoms in total. The third kappa shape index (κ3) is 5.33. The SMILES string of the molecule is Cc1ccc(NC(=O)CC(C)C2CCNCC2)cc1C.Cl. The largest absolute Gasteiger partial charge is 0.326 e. The predicted octanol–water partition coefficient (Wildman–Crippen LogP) is 3.69. The van der Waals surface area contributed by atoms with Crippen molar-refractivity contribution in [2.24, 2.45) is 11.8 Å². The highest BCUT2D eigenvalue weighted by Gasteiger charge is 2.21. The van der Waals surface area contributed by atoms with Crippen molar-refractivity contribution >= 4 is 24.0 Å². The van der Waals surface area contributed by atoms with E-state index in [-0.39, 0.29) is 18.3 Å². The summed E-state index contributed by atoms with van der Waals surface area (Å²) in [5.41, 5.74) is 3.39. The summed E-state index contributed by atoms with van der Waals surface area (Å²) in [6.45, 7) is 8.54. The highest BCUT2D eigenvalue weighted by atomic mass is 35.5. The number of hydrogen-bond donors (Lipinski definition) is 2. The quantitative estimate of drug-likeness (QED) is 0.890. The van der Waals surface area contributed by atoms with E-state index in [9.17, 15) is 4.79 Å². The molecule has 0 spiro atoms. The van der Waals surface area contributed by atoms with E-state index in [1.807, 2.05) is 12.1 Å². The van der Waals surface area contributed by atoms with E-state index in [4.69, 9.17) is 0 Å². The number of halogens is 1. The highest BCUT2D eigenvalue weighted by molar-refractivity contribution is 5.91. The molecule has 1 amide bonds. The molecule has 0 aromatic heterocycles. The van der Waals surface area contributed by atoms with Gasteiger partial charge in [0.25, 0.3) is 0 Å². The zero-order valence-electron chi connectivity index (χ0n) is 13.2. The Kier molecular flexibility index (Phi) is 7.20. The van der Waals surface area contributed by atoms with Crippen molar-refractivity contribution in [1.82, 2.24) is 5.32 Å². The molecule has 0 radical (unpaired) electrons. The lowest BCUT2D eigenvalue weighted by atomic mass is 9.84. The standard InChI is InChI=1S/C17H26N2O.ClH/c1-12-4-5-16(10-13(12)2)19-17(20)11-14(3)15-6-8-18-9-7-15;/h4-5,10,14-15,18H,6-9,11H2,1-3H3,(H,19,20);1H. The maximum absolute atomic E-state index is 12.1. The molecule has 2 rings (SSSR count). The van der Waals surface area contributed by atoms with Gasteiger partial charge in [0, 0.05) is 12.1 Å². The molecule has 0 bridgehead atoms. The second kappa shape index (κ2) is 8.40. The van der Waals surface area contributed by atoms with Gasteiger partial charge in [0.1, 0.15) is 0 Å². The van der Waals surface area contributed by atoms with Crippen LogP contribution in [-0.4, -0.2) is 19.0 Å². The molecule has 1 unspecified atom stereocenters. The van der Waals surface area contributed by atoms with Gasteiger partial charge < -0.3 is 10.6 Å². The fourth-order valence-corrected chi connectivity index (χ4v) is 2.90. The molecule has 118 valence electrons. The first-order valence-electron chi connectivity index (χ1n) is 7.64. The van der Waals surface area contributed by atoms with Crippen molar-refractivity contribution in [2.45, 2.75) is 40.0 Å². The fraction of sp³-hybridized carbons (Fsp3) is 0.588. The Morgan fingerprint density at radius 2 is 1.95 bits per heavy atom. The van der Waals surface area contributed by atoms with Gasteiger partial charge in [0.2, 0.25) is 5.91 Å². The average Bonchev–Trinajstić information content (AvgIpc) is 2.44. The van der Waals surface area contributed by atoms with Gasteiger partial charge in [-0.2, -0.15) is 0 Å². The van der Waals surface area contributed by atoms with Gasteiger partial charge in [-0.25, -0.2) is 0 Å². The first-order valence-corrected chi connectivity index (χ1v) is 7.64. The number of carbonyl (C=O) groups excluding carboxylic acids is 1. The van der Waals surface area contributed by atoms with Crippen LogP contribution in [0.2, 0.25) is 0 Å². The van der Waals surface area contributed by atoms with Gasteiger partial charge in [-0.1, -0.05) is 13.0 Å². The Morgan fingerprint density at radius 1 is 1.29 bits per heavy atom. The molecular weight excluding hydrogens is 284 g/mol. The molecule has 1 atom stereocenters. The number of anilines is 1. The van der Waals surface area contributed by atoms with Crippen LogP contribution in [0.15, 0.2) is 18.2 Å². The number of rotatable bonds is 4. The zero-order chi connectivity index (χ0) is 14.5. The van der Waals surface area contributed by atoms with Crippen LogP contribution in [0.1, 0.15) is 37.3 Å². The van der Waals surface area contributed by atoms with Crippen LogP contribution in [0.3, 0.4) is 0 Å². The highest BCUT2D eigenvalue weighted by Crippen LogP contribution is 2.25. The number of carbonyl (C=O) groups is 1. The van der Waals surface area contributed by atoms with E-state index in [0.29, 0.717) is 18.3 Å². The van der Waals surface area contributed by atoms with Crippen molar-refractivity contribution < 1.29 is 4.79 Å². The van der Waals surface area contributed by atoms with E-state index >= 15 is 0 Å². The summed E-state index contributed by atoms with van der Waals surface area (Å²) in [5, 5.41) is 6.40. The molecule has 1 saturated heterocycles. The first kappa shape index (κ1) is 18.0. The molecular formula is C17H27ClN2O. The van der Waals surface area contributed by atoms with Gasteiger partial charge in [0.15, 0.2) is 0 Å². The zero-order valence-corrected chi connectivity index (χ0v) is 14.1. The fourth-order valence-electron chi connectivity index (χ4n) is 2.90. The van der Waals surface area contributed by atoms with E-state index in [1.165, 1.54) is 24.0 Å². The Hall–Kier alpha value is -1.06. The molecule has 1 aliphatic heterocycles. The minimum Gasteiger partial charge on any atom is -0.326 e. The van der Waals surface area contributed by atoms with Gasteiger partial charge >= 0.3 is 0 Å². The predicted molar refractivity (Wildman–Crippen MR) is 91.2 cm³/mol. The lowest BCUT2D eigenvalue weighted by Gasteiger charge is -2.27. The second-order valence-corrected chi connectivity index (χ2v) is 6.12. The van der Waals surface area contributed by atoms with Crippen molar-refractivity contribution in [3.05, 3.63) is 29.3 Å². The normalized spacial score (nSPS) is 16.9. The van der Waals surface area contributed by atoms with Gasteiger partial charge in [-0.05, 0) is 74.9 Å². The topological polar surface area (TPSA) is 41.1 Å². The molecule has 21 heavy (non-hydrogen) atoms. The maximum Gasteiger partial charge on any atom is 0.224 e. The van der Waals surface area contributed by atoms with Crippen LogP contribution in [-0.2, 0) is 4.79 Å². The Morgan fingerprint density at radius 3 is 2.57 bits per heavy atom. The Bertz CT molecular complexity index is 470. The van der Waals surface area contributed by atoms with Crippen molar-refractivity contribution in [3.8, 4) is 0 Å². The summed E-state index contributed by atoms with van der Waals surface area (Å²) in [7, 11) is 0. The van der Waals surface area contributed by atoms with E-state index < -0.39 is 0 Å². The summed E-state index contributed by atoms with van der Waals surface area (Å²) < 4.78 is 0. The Balaban J connectivity index is 0.00000220. The first-order chi connectivity index (χ1) is 9.56. The monoisotopic (exact) mass is 310 g/mol. The van der Waals surface area contributed by atoms with Crippen LogP contribution < -0.4 is 10.6 Å². The van der Waals surface area contributed by atoms with Gasteiger partial charge in [-0.3, -0.25) is 4.79 Å². The smallest absolute Gasteiger partial charge is 0.224 e. The molecule has 1 heterocycles. The van der Waals surface area contributed by atoms with Crippen molar-refractivity contribution in [2.75, 3.05) is 18.4 Å². The second-order valence-electron chi connectivity index (χ2n) is 6.12. The average molecular weight is 311 g/mol. The molecule has 1 aromatic carbocycles. The van der Waals surface area contributed by atoms with E-state index in [0.717, 1.165) is 18.8 Å². The lowest BCUT2D eigenvalue weighted by Crippen LogP contribution is -2.32. The van der Waals surface area contributed by atoms with E-state index in [2.05, 4.69) is 37.5 Å². The molecule has 2 N–H and O–H groups in total. The van der Waals surface area contributed by atoms with Gasteiger partial charge in [0.05, 0.1) is 0 Å².